The van der Waals surface area contributed by atoms with Crippen molar-refractivity contribution in [3.8, 4) is 5.75 Å². The summed E-state index contributed by atoms with van der Waals surface area (Å²) in [6, 6.07) is 26.6. The number of hydrogen-bond acceptors (Lipinski definition) is 2. The summed E-state index contributed by atoms with van der Waals surface area (Å²) in [5, 5.41) is 9.25. The maximum atomic E-state index is 5.50. The molecule has 4 aromatic carbocycles. The number of benzene rings is 4. The zero-order valence-corrected chi connectivity index (χ0v) is 16.4. The lowest BCUT2D eigenvalue weighted by atomic mass is 9.75. The standard InChI is InChI=1S/C27H23NO/c1-29-19-13-14-25-24(16-19)22-11-6-12-23(22)27(28-25)26-20-9-4-2-7-17(20)15-18-8-3-5-10-21(18)26/h2-11,13-16,22-23,27-28H,12H2,1H3/t22-,23+,27-/m1/s1. The van der Waals surface area contributed by atoms with E-state index >= 15 is 0 Å². The highest BCUT2D eigenvalue weighted by Crippen LogP contribution is 2.52. The van der Waals surface area contributed by atoms with Crippen molar-refractivity contribution in [1.82, 2.24) is 0 Å². The molecule has 4 aromatic rings. The van der Waals surface area contributed by atoms with Gasteiger partial charge >= 0.3 is 0 Å². The third-order valence-corrected chi connectivity index (χ3v) is 6.69. The molecule has 2 nitrogen and oxygen atoms in total. The maximum Gasteiger partial charge on any atom is 0.119 e. The van der Waals surface area contributed by atoms with Gasteiger partial charge < -0.3 is 10.1 Å². The van der Waals surface area contributed by atoms with Crippen LogP contribution in [0.5, 0.6) is 5.75 Å². The zero-order valence-electron chi connectivity index (χ0n) is 16.4. The summed E-state index contributed by atoms with van der Waals surface area (Å²) in [7, 11) is 1.74. The molecule has 1 aliphatic heterocycles. The molecule has 0 bridgehead atoms. The highest BCUT2D eigenvalue weighted by molar-refractivity contribution is 6.03. The molecule has 0 amide bonds. The number of ether oxygens (including phenoxy) is 1. The highest BCUT2D eigenvalue weighted by Gasteiger charge is 2.39. The molecule has 29 heavy (non-hydrogen) atoms. The first-order valence-corrected chi connectivity index (χ1v) is 10.3. The molecule has 1 aliphatic carbocycles. The second-order valence-electron chi connectivity index (χ2n) is 8.16. The Bertz CT molecular complexity index is 1220. The van der Waals surface area contributed by atoms with Crippen LogP contribution in [0.3, 0.4) is 0 Å². The van der Waals surface area contributed by atoms with Gasteiger partial charge in [-0.15, -0.1) is 0 Å². The minimum Gasteiger partial charge on any atom is -0.497 e. The molecule has 2 heteroatoms. The molecule has 2 aliphatic rings. The van der Waals surface area contributed by atoms with Crippen molar-refractivity contribution in [2.24, 2.45) is 5.92 Å². The molecular weight excluding hydrogens is 354 g/mol. The van der Waals surface area contributed by atoms with Gasteiger partial charge in [0.05, 0.1) is 13.2 Å². The van der Waals surface area contributed by atoms with Crippen LogP contribution in [0.2, 0.25) is 0 Å². The van der Waals surface area contributed by atoms with Crippen molar-refractivity contribution in [3.05, 3.63) is 96.1 Å². The van der Waals surface area contributed by atoms with E-state index in [1.807, 2.05) is 0 Å². The normalized spacial score (nSPS) is 22.3. The first-order valence-electron chi connectivity index (χ1n) is 10.3. The molecule has 142 valence electrons. The number of methoxy groups -OCH3 is 1. The Kier molecular flexibility index (Phi) is 3.67. The molecule has 0 saturated heterocycles. The van der Waals surface area contributed by atoms with Crippen LogP contribution in [0.4, 0.5) is 5.69 Å². The molecule has 1 heterocycles. The maximum absolute atomic E-state index is 5.50. The highest BCUT2D eigenvalue weighted by atomic mass is 16.5. The predicted octanol–water partition coefficient (Wildman–Crippen LogP) is 6.83. The molecule has 0 fully saturated rings. The number of nitrogens with one attached hydrogen (secondary N) is 1. The first kappa shape index (κ1) is 16.7. The van der Waals surface area contributed by atoms with E-state index in [4.69, 9.17) is 4.74 Å². The van der Waals surface area contributed by atoms with E-state index in [1.165, 1.54) is 38.4 Å². The average Bonchev–Trinajstić information content (AvgIpc) is 3.27. The third-order valence-electron chi connectivity index (χ3n) is 6.69. The fraction of sp³-hybridized carbons (Fsp3) is 0.185. The monoisotopic (exact) mass is 377 g/mol. The predicted molar refractivity (Wildman–Crippen MR) is 121 cm³/mol. The summed E-state index contributed by atoms with van der Waals surface area (Å²) < 4.78 is 5.50. The lowest BCUT2D eigenvalue weighted by molar-refractivity contribution is 0.406. The first-order chi connectivity index (χ1) is 14.3. The largest absolute Gasteiger partial charge is 0.497 e. The van der Waals surface area contributed by atoms with Crippen molar-refractivity contribution in [3.63, 3.8) is 0 Å². The summed E-state index contributed by atoms with van der Waals surface area (Å²) in [6.07, 6.45) is 5.84. The van der Waals surface area contributed by atoms with Gasteiger partial charge in [-0.25, -0.2) is 0 Å². The molecule has 0 aromatic heterocycles. The van der Waals surface area contributed by atoms with Gasteiger partial charge in [0.25, 0.3) is 0 Å². The van der Waals surface area contributed by atoms with Crippen molar-refractivity contribution in [1.29, 1.82) is 0 Å². The summed E-state index contributed by atoms with van der Waals surface area (Å²) in [5.74, 6) is 1.85. The Balaban J connectivity index is 1.61. The van der Waals surface area contributed by atoms with E-state index < -0.39 is 0 Å². The summed E-state index contributed by atoms with van der Waals surface area (Å²) in [4.78, 5) is 0. The van der Waals surface area contributed by atoms with Gasteiger partial charge in [-0.1, -0.05) is 60.7 Å². The van der Waals surface area contributed by atoms with Gasteiger partial charge in [0.2, 0.25) is 0 Å². The topological polar surface area (TPSA) is 21.3 Å². The van der Waals surface area contributed by atoms with Crippen LogP contribution < -0.4 is 10.1 Å². The van der Waals surface area contributed by atoms with Crippen LogP contribution in [0.1, 0.15) is 29.5 Å². The quantitative estimate of drug-likeness (QED) is 0.305. The van der Waals surface area contributed by atoms with Gasteiger partial charge in [0, 0.05) is 11.6 Å². The smallest absolute Gasteiger partial charge is 0.119 e. The molecule has 6 rings (SSSR count). The van der Waals surface area contributed by atoms with Gasteiger partial charge in [0.15, 0.2) is 0 Å². The van der Waals surface area contributed by atoms with E-state index in [0.29, 0.717) is 11.8 Å². The number of allylic oxidation sites excluding steroid dienone is 2. The van der Waals surface area contributed by atoms with Crippen LogP contribution in [0.15, 0.2) is 84.9 Å². The zero-order chi connectivity index (χ0) is 19.4. The molecule has 0 saturated carbocycles. The van der Waals surface area contributed by atoms with Crippen LogP contribution in [0, 0.1) is 5.92 Å². The summed E-state index contributed by atoms with van der Waals surface area (Å²) in [6.45, 7) is 0. The fourth-order valence-corrected chi connectivity index (χ4v) is 5.37. The minimum absolute atomic E-state index is 0.270. The fourth-order valence-electron chi connectivity index (χ4n) is 5.37. The number of hydrogen-bond donors (Lipinski definition) is 1. The minimum atomic E-state index is 0.270. The van der Waals surface area contributed by atoms with E-state index in [9.17, 15) is 0 Å². The van der Waals surface area contributed by atoms with Gasteiger partial charge in [-0.3, -0.25) is 0 Å². The average molecular weight is 377 g/mol. The van der Waals surface area contributed by atoms with E-state index in [0.717, 1.165) is 12.2 Å². The molecule has 1 N–H and O–H groups in total. The second-order valence-corrected chi connectivity index (χ2v) is 8.16. The van der Waals surface area contributed by atoms with Crippen LogP contribution in [-0.4, -0.2) is 7.11 Å². The number of fused-ring (bicyclic) bond motifs is 5. The van der Waals surface area contributed by atoms with E-state index in [1.54, 1.807) is 7.11 Å². The lowest BCUT2D eigenvalue weighted by Gasteiger charge is -2.38. The summed E-state index contributed by atoms with van der Waals surface area (Å²) >= 11 is 0. The van der Waals surface area contributed by atoms with Crippen molar-refractivity contribution >= 4 is 27.2 Å². The molecule has 0 unspecified atom stereocenters. The SMILES string of the molecule is COc1ccc2c(c1)[C@@H]1C=CC[C@@H]1[C@H](c1c3ccccc3cc3ccccc13)N2. The molecular formula is C27H23NO. The number of rotatable bonds is 2. The van der Waals surface area contributed by atoms with Crippen molar-refractivity contribution in [2.45, 2.75) is 18.4 Å². The van der Waals surface area contributed by atoms with Gasteiger partial charge in [-0.05, 0) is 69.3 Å². The summed E-state index contributed by atoms with van der Waals surface area (Å²) in [5.41, 5.74) is 4.00. The lowest BCUT2D eigenvalue weighted by Crippen LogP contribution is -2.29. The van der Waals surface area contributed by atoms with E-state index in [2.05, 4.69) is 90.3 Å². The molecule has 0 spiro atoms. The Hall–Kier alpha value is -3.26. The Morgan fingerprint density at radius 3 is 2.31 bits per heavy atom. The molecule has 0 radical (unpaired) electrons. The van der Waals surface area contributed by atoms with E-state index in [-0.39, 0.29) is 6.04 Å². The Morgan fingerprint density at radius 1 is 0.862 bits per heavy atom. The van der Waals surface area contributed by atoms with Crippen molar-refractivity contribution < 1.29 is 4.74 Å². The van der Waals surface area contributed by atoms with Gasteiger partial charge in [0.1, 0.15) is 5.75 Å². The Morgan fingerprint density at radius 2 is 1.59 bits per heavy atom. The van der Waals surface area contributed by atoms with Crippen LogP contribution >= 0.6 is 0 Å². The third kappa shape index (κ3) is 2.49. The molecule has 3 atom stereocenters. The van der Waals surface area contributed by atoms with Crippen LogP contribution in [-0.2, 0) is 0 Å². The van der Waals surface area contributed by atoms with Gasteiger partial charge in [-0.2, -0.15) is 0 Å². The second kappa shape index (κ2) is 6.38. The van der Waals surface area contributed by atoms with Crippen LogP contribution in [0.25, 0.3) is 21.5 Å². The number of anilines is 1. The van der Waals surface area contributed by atoms with Crippen molar-refractivity contribution in [2.75, 3.05) is 12.4 Å². The Labute approximate surface area is 170 Å².